The van der Waals surface area contributed by atoms with E-state index in [4.69, 9.17) is 9.47 Å². The molecule has 2 aromatic rings. The van der Waals surface area contributed by atoms with Gasteiger partial charge in [0.25, 0.3) is 5.91 Å². The Bertz CT molecular complexity index is 997. The summed E-state index contributed by atoms with van der Waals surface area (Å²) in [6, 6.07) is 14.6. The van der Waals surface area contributed by atoms with Crippen molar-refractivity contribution in [1.29, 1.82) is 0 Å². The maximum absolute atomic E-state index is 12.5. The molecule has 0 fully saturated rings. The summed E-state index contributed by atoms with van der Waals surface area (Å²) < 4.78 is 36.9. The van der Waals surface area contributed by atoms with Crippen molar-refractivity contribution in [2.45, 2.75) is 32.3 Å². The highest BCUT2D eigenvalue weighted by Crippen LogP contribution is 2.34. The second-order valence-corrected chi connectivity index (χ2v) is 10.2. The summed E-state index contributed by atoms with van der Waals surface area (Å²) in [5.41, 5.74) is 1.73. The number of nitrogens with zero attached hydrogens (tertiary/aromatic N) is 1. The van der Waals surface area contributed by atoms with E-state index in [-0.39, 0.29) is 24.4 Å². The van der Waals surface area contributed by atoms with Crippen molar-refractivity contribution in [2.24, 2.45) is 0 Å². The van der Waals surface area contributed by atoms with Crippen molar-refractivity contribution in [3.63, 3.8) is 0 Å². The first kappa shape index (κ1) is 22.0. The number of nitrogens with one attached hydrogen (secondary N) is 1. The monoisotopic (exact) mass is 432 g/mol. The number of para-hydroxylation sites is 2. The number of carbonyl (C=O) groups excluding carboxylic acids is 1. The highest BCUT2D eigenvalue weighted by Gasteiger charge is 2.34. The zero-order valence-corrected chi connectivity index (χ0v) is 18.5. The fourth-order valence-electron chi connectivity index (χ4n) is 3.16. The van der Waals surface area contributed by atoms with Gasteiger partial charge in [-0.15, -0.1) is 0 Å². The first-order valence-corrected chi connectivity index (χ1v) is 11.6. The highest BCUT2D eigenvalue weighted by molar-refractivity contribution is 7.92. The minimum atomic E-state index is -3.53. The average Bonchev–Trinajstić information content (AvgIpc) is 2.69. The average molecular weight is 433 g/mol. The maximum atomic E-state index is 12.5. The van der Waals surface area contributed by atoms with Crippen LogP contribution in [-0.4, -0.2) is 46.4 Å². The molecule has 2 aromatic carbocycles. The van der Waals surface area contributed by atoms with Crippen LogP contribution in [-0.2, 0) is 20.2 Å². The molecular weight excluding hydrogens is 404 g/mol. The fraction of sp³-hybridized carbons (Fsp3) is 0.409. The molecule has 1 unspecified atom stereocenters. The van der Waals surface area contributed by atoms with Crippen LogP contribution in [0.1, 0.15) is 26.3 Å². The largest absolute Gasteiger partial charge is 0.492 e. The summed E-state index contributed by atoms with van der Waals surface area (Å²) in [7, 11) is -3.53. The Kier molecular flexibility index (Phi) is 6.26. The molecule has 1 amide bonds. The lowest BCUT2D eigenvalue weighted by Crippen LogP contribution is -2.51. The summed E-state index contributed by atoms with van der Waals surface area (Å²) in [6.45, 7) is 6.94. The smallest absolute Gasteiger partial charge is 0.263 e. The number of fused-ring (bicyclic) bond motifs is 1. The number of carbonyl (C=O) groups is 1. The van der Waals surface area contributed by atoms with Crippen molar-refractivity contribution < 1.29 is 22.7 Å². The molecule has 0 saturated heterocycles. The van der Waals surface area contributed by atoms with E-state index in [1.165, 1.54) is 9.87 Å². The molecule has 1 atom stereocenters. The van der Waals surface area contributed by atoms with Gasteiger partial charge in [-0.3, -0.25) is 9.10 Å². The van der Waals surface area contributed by atoms with E-state index >= 15 is 0 Å². The lowest BCUT2D eigenvalue weighted by molar-refractivity contribution is -0.127. The predicted octanol–water partition coefficient (Wildman–Crippen LogP) is 2.71. The zero-order chi connectivity index (χ0) is 21.9. The van der Waals surface area contributed by atoms with Gasteiger partial charge >= 0.3 is 0 Å². The van der Waals surface area contributed by atoms with E-state index in [1.807, 2.05) is 24.3 Å². The summed E-state index contributed by atoms with van der Waals surface area (Å²) in [5, 5.41) is 2.75. The quantitative estimate of drug-likeness (QED) is 0.710. The van der Waals surface area contributed by atoms with Gasteiger partial charge < -0.3 is 14.8 Å². The van der Waals surface area contributed by atoms with Crippen molar-refractivity contribution >= 4 is 21.6 Å². The van der Waals surface area contributed by atoms with Crippen LogP contribution in [0.3, 0.4) is 0 Å². The van der Waals surface area contributed by atoms with Gasteiger partial charge in [0, 0.05) is 0 Å². The molecule has 3 rings (SSSR count). The van der Waals surface area contributed by atoms with Crippen molar-refractivity contribution in [1.82, 2.24) is 5.32 Å². The van der Waals surface area contributed by atoms with E-state index in [9.17, 15) is 13.2 Å². The van der Waals surface area contributed by atoms with Crippen LogP contribution >= 0.6 is 0 Å². The Labute approximate surface area is 178 Å². The molecule has 0 bridgehead atoms. The number of benzene rings is 2. The van der Waals surface area contributed by atoms with Crippen LogP contribution < -0.4 is 19.1 Å². The van der Waals surface area contributed by atoms with Gasteiger partial charge in [0.05, 0.1) is 25.0 Å². The minimum absolute atomic E-state index is 0.0726. The SMILES string of the molecule is CC(C)(C)c1ccc(OCCNC(=O)C2CN(S(C)(=O)=O)c3ccccc3O2)cc1. The molecule has 0 spiro atoms. The number of hydrogen-bond donors (Lipinski definition) is 1. The van der Waals surface area contributed by atoms with E-state index in [1.54, 1.807) is 24.3 Å². The van der Waals surface area contributed by atoms with Crippen LogP contribution in [0.2, 0.25) is 0 Å². The van der Waals surface area contributed by atoms with E-state index in [0.717, 1.165) is 12.0 Å². The predicted molar refractivity (Wildman–Crippen MR) is 117 cm³/mol. The molecule has 30 heavy (non-hydrogen) atoms. The number of amides is 1. The van der Waals surface area contributed by atoms with Crippen LogP contribution in [0, 0.1) is 0 Å². The molecular formula is C22H28N2O5S. The van der Waals surface area contributed by atoms with Gasteiger partial charge in [-0.2, -0.15) is 0 Å². The van der Waals surface area contributed by atoms with E-state index in [2.05, 4.69) is 26.1 Å². The van der Waals surface area contributed by atoms with Crippen molar-refractivity contribution in [2.75, 3.05) is 30.3 Å². The molecule has 1 aliphatic rings. The number of rotatable bonds is 6. The van der Waals surface area contributed by atoms with Gasteiger partial charge in [-0.05, 0) is 35.2 Å². The fourth-order valence-corrected chi connectivity index (χ4v) is 4.08. The second kappa shape index (κ2) is 8.55. The van der Waals surface area contributed by atoms with Crippen LogP contribution in [0.4, 0.5) is 5.69 Å². The van der Waals surface area contributed by atoms with E-state index in [0.29, 0.717) is 18.0 Å². The van der Waals surface area contributed by atoms with E-state index < -0.39 is 16.1 Å². The number of hydrogen-bond acceptors (Lipinski definition) is 5. The lowest BCUT2D eigenvalue weighted by Gasteiger charge is -2.33. The Morgan fingerprint density at radius 2 is 1.83 bits per heavy atom. The topological polar surface area (TPSA) is 84.9 Å². The van der Waals surface area contributed by atoms with Gasteiger partial charge in [0.1, 0.15) is 18.1 Å². The molecule has 7 nitrogen and oxygen atoms in total. The molecule has 1 aliphatic heterocycles. The number of ether oxygens (including phenoxy) is 2. The van der Waals surface area contributed by atoms with Gasteiger partial charge in [-0.25, -0.2) is 8.42 Å². The molecule has 8 heteroatoms. The third-order valence-electron chi connectivity index (χ3n) is 4.82. The highest BCUT2D eigenvalue weighted by atomic mass is 32.2. The van der Waals surface area contributed by atoms with Gasteiger partial charge in [0.15, 0.2) is 6.10 Å². The van der Waals surface area contributed by atoms with Crippen molar-refractivity contribution in [3.05, 3.63) is 54.1 Å². The van der Waals surface area contributed by atoms with Crippen LogP contribution in [0.25, 0.3) is 0 Å². The second-order valence-electron chi connectivity index (χ2n) is 8.28. The van der Waals surface area contributed by atoms with Crippen molar-refractivity contribution in [3.8, 4) is 11.5 Å². The number of anilines is 1. The molecule has 0 radical (unpaired) electrons. The Hall–Kier alpha value is -2.74. The normalized spacial score (nSPS) is 16.4. The zero-order valence-electron chi connectivity index (χ0n) is 17.7. The molecule has 162 valence electrons. The molecule has 0 aliphatic carbocycles. The Morgan fingerprint density at radius 3 is 2.47 bits per heavy atom. The minimum Gasteiger partial charge on any atom is -0.492 e. The van der Waals surface area contributed by atoms with Gasteiger partial charge in [-0.1, -0.05) is 45.0 Å². The Balaban J connectivity index is 1.54. The first-order chi connectivity index (χ1) is 14.1. The molecule has 0 aromatic heterocycles. The summed E-state index contributed by atoms with van der Waals surface area (Å²) in [6.07, 6.45) is 0.184. The summed E-state index contributed by atoms with van der Waals surface area (Å²) in [5.74, 6) is 0.706. The molecule has 1 N–H and O–H groups in total. The Morgan fingerprint density at radius 1 is 1.17 bits per heavy atom. The summed E-state index contributed by atoms with van der Waals surface area (Å²) in [4.78, 5) is 12.5. The maximum Gasteiger partial charge on any atom is 0.263 e. The third kappa shape index (κ3) is 5.24. The number of sulfonamides is 1. The first-order valence-electron chi connectivity index (χ1n) is 9.80. The third-order valence-corrected chi connectivity index (χ3v) is 5.96. The van der Waals surface area contributed by atoms with Crippen LogP contribution in [0.15, 0.2) is 48.5 Å². The molecule has 0 saturated carbocycles. The van der Waals surface area contributed by atoms with Gasteiger partial charge in [0.2, 0.25) is 10.0 Å². The standard InChI is InChI=1S/C22H28N2O5S/c1-22(2,3)16-9-11-17(12-10-16)28-14-13-23-21(25)20-15-24(30(4,26)27)18-7-5-6-8-19(18)29-20/h5-12,20H,13-15H2,1-4H3,(H,23,25). The lowest BCUT2D eigenvalue weighted by atomic mass is 9.87. The summed E-state index contributed by atoms with van der Waals surface area (Å²) >= 11 is 0. The van der Waals surface area contributed by atoms with Crippen LogP contribution in [0.5, 0.6) is 11.5 Å². The molecule has 1 heterocycles.